The second kappa shape index (κ2) is 6.16. The molecule has 21 heavy (non-hydrogen) atoms. The summed E-state index contributed by atoms with van der Waals surface area (Å²) in [5, 5.41) is 8.15. The number of nitrogens with one attached hydrogen (secondary N) is 1. The summed E-state index contributed by atoms with van der Waals surface area (Å²) in [6.45, 7) is 4.25. The van der Waals surface area contributed by atoms with Crippen LogP contribution in [-0.2, 0) is 13.5 Å². The normalized spacial score (nSPS) is 16.2. The SMILES string of the molecule is CCc1nn(C)cc1NC1CCN(c2ccccn2)CC1. The molecular formula is C16H23N5. The molecule has 0 atom stereocenters. The van der Waals surface area contributed by atoms with Crippen molar-refractivity contribution in [3.63, 3.8) is 0 Å². The van der Waals surface area contributed by atoms with E-state index in [2.05, 4.69) is 45.6 Å². The molecule has 0 amide bonds. The first-order chi connectivity index (χ1) is 10.3. The Kier molecular flexibility index (Phi) is 4.08. The number of aryl methyl sites for hydroxylation is 2. The van der Waals surface area contributed by atoms with Crippen molar-refractivity contribution in [3.8, 4) is 0 Å². The Morgan fingerprint density at radius 3 is 2.76 bits per heavy atom. The highest BCUT2D eigenvalue weighted by Gasteiger charge is 2.21. The minimum Gasteiger partial charge on any atom is -0.379 e. The average molecular weight is 285 g/mol. The zero-order chi connectivity index (χ0) is 14.7. The van der Waals surface area contributed by atoms with Crippen LogP contribution in [0.25, 0.3) is 0 Å². The van der Waals surface area contributed by atoms with Gasteiger partial charge in [0.05, 0.1) is 11.4 Å². The van der Waals surface area contributed by atoms with Crippen molar-refractivity contribution in [2.75, 3.05) is 23.3 Å². The molecule has 2 aromatic heterocycles. The van der Waals surface area contributed by atoms with Crippen LogP contribution in [-0.4, -0.2) is 33.9 Å². The molecule has 0 aromatic carbocycles. The van der Waals surface area contributed by atoms with Crippen LogP contribution in [0.5, 0.6) is 0 Å². The first-order valence-corrected chi connectivity index (χ1v) is 7.71. The fraction of sp³-hybridized carbons (Fsp3) is 0.500. The van der Waals surface area contributed by atoms with Gasteiger partial charge in [0.25, 0.3) is 0 Å². The molecule has 0 saturated carbocycles. The van der Waals surface area contributed by atoms with E-state index in [1.807, 2.05) is 24.0 Å². The van der Waals surface area contributed by atoms with E-state index in [9.17, 15) is 0 Å². The standard InChI is InChI=1S/C16H23N5/c1-3-14-15(12-20(2)19-14)18-13-7-10-21(11-8-13)16-6-4-5-9-17-16/h4-6,9,12-13,18H,3,7-8,10-11H2,1-2H3. The molecule has 1 aliphatic heterocycles. The number of hydrogen-bond acceptors (Lipinski definition) is 4. The minimum absolute atomic E-state index is 0.527. The molecule has 1 N–H and O–H groups in total. The molecule has 5 nitrogen and oxygen atoms in total. The number of rotatable bonds is 4. The highest BCUT2D eigenvalue weighted by atomic mass is 15.3. The maximum atomic E-state index is 4.49. The Morgan fingerprint density at radius 1 is 1.29 bits per heavy atom. The summed E-state index contributed by atoms with van der Waals surface area (Å²) in [4.78, 5) is 6.80. The number of nitrogens with zero attached hydrogens (tertiary/aromatic N) is 4. The van der Waals surface area contributed by atoms with Gasteiger partial charge in [0.2, 0.25) is 0 Å². The molecule has 0 radical (unpaired) electrons. The molecule has 0 spiro atoms. The number of anilines is 2. The first-order valence-electron chi connectivity index (χ1n) is 7.71. The summed E-state index contributed by atoms with van der Waals surface area (Å²) >= 11 is 0. The van der Waals surface area contributed by atoms with E-state index in [1.54, 1.807) is 0 Å². The van der Waals surface area contributed by atoms with Gasteiger partial charge < -0.3 is 10.2 Å². The lowest BCUT2D eigenvalue weighted by Gasteiger charge is -2.33. The van der Waals surface area contributed by atoms with Crippen molar-refractivity contribution < 1.29 is 0 Å². The van der Waals surface area contributed by atoms with E-state index in [0.29, 0.717) is 6.04 Å². The molecule has 3 heterocycles. The van der Waals surface area contributed by atoms with Gasteiger partial charge in [-0.1, -0.05) is 13.0 Å². The number of hydrogen-bond donors (Lipinski definition) is 1. The molecule has 0 aliphatic carbocycles. The van der Waals surface area contributed by atoms with E-state index in [0.717, 1.165) is 43.9 Å². The Bertz CT molecular complexity index is 570. The van der Waals surface area contributed by atoms with Crippen molar-refractivity contribution >= 4 is 11.5 Å². The van der Waals surface area contributed by atoms with E-state index < -0.39 is 0 Å². The van der Waals surface area contributed by atoms with Crippen LogP contribution in [0.2, 0.25) is 0 Å². The van der Waals surface area contributed by atoms with Crippen LogP contribution in [0.4, 0.5) is 11.5 Å². The molecule has 1 saturated heterocycles. The third kappa shape index (κ3) is 3.17. The highest BCUT2D eigenvalue weighted by Crippen LogP contribution is 2.22. The monoisotopic (exact) mass is 285 g/mol. The van der Waals surface area contributed by atoms with Gasteiger partial charge in [0, 0.05) is 38.6 Å². The summed E-state index contributed by atoms with van der Waals surface area (Å²) in [5.74, 6) is 1.09. The van der Waals surface area contributed by atoms with E-state index in [4.69, 9.17) is 0 Å². The van der Waals surface area contributed by atoms with Gasteiger partial charge in [0.15, 0.2) is 0 Å². The predicted octanol–water partition coefficient (Wildman–Crippen LogP) is 2.46. The molecule has 1 fully saturated rings. The summed E-state index contributed by atoms with van der Waals surface area (Å²) < 4.78 is 1.89. The summed E-state index contributed by atoms with van der Waals surface area (Å²) in [6.07, 6.45) is 7.19. The van der Waals surface area contributed by atoms with E-state index in [-0.39, 0.29) is 0 Å². The van der Waals surface area contributed by atoms with Crippen LogP contribution >= 0.6 is 0 Å². The van der Waals surface area contributed by atoms with Crippen LogP contribution in [0.3, 0.4) is 0 Å². The van der Waals surface area contributed by atoms with Gasteiger partial charge in [-0.2, -0.15) is 5.10 Å². The Morgan fingerprint density at radius 2 is 2.10 bits per heavy atom. The van der Waals surface area contributed by atoms with Crippen molar-refractivity contribution in [1.82, 2.24) is 14.8 Å². The minimum atomic E-state index is 0.527. The molecule has 5 heteroatoms. The molecular weight excluding hydrogens is 262 g/mol. The van der Waals surface area contributed by atoms with Gasteiger partial charge in [0.1, 0.15) is 5.82 Å². The maximum absolute atomic E-state index is 4.49. The zero-order valence-corrected chi connectivity index (χ0v) is 12.8. The third-order valence-corrected chi connectivity index (χ3v) is 4.07. The van der Waals surface area contributed by atoms with Gasteiger partial charge in [-0.15, -0.1) is 0 Å². The van der Waals surface area contributed by atoms with Gasteiger partial charge >= 0.3 is 0 Å². The average Bonchev–Trinajstić information content (AvgIpc) is 2.88. The van der Waals surface area contributed by atoms with Gasteiger partial charge in [-0.05, 0) is 31.4 Å². The van der Waals surface area contributed by atoms with Crippen molar-refractivity contribution in [1.29, 1.82) is 0 Å². The summed E-state index contributed by atoms with van der Waals surface area (Å²) in [6, 6.07) is 6.63. The molecule has 3 rings (SSSR count). The first kappa shape index (κ1) is 13.9. The number of aromatic nitrogens is 3. The fourth-order valence-corrected chi connectivity index (χ4v) is 2.93. The lowest BCUT2D eigenvalue weighted by molar-refractivity contribution is 0.523. The lowest BCUT2D eigenvalue weighted by Crippen LogP contribution is -2.39. The highest BCUT2D eigenvalue weighted by molar-refractivity contribution is 5.48. The van der Waals surface area contributed by atoms with Crippen LogP contribution in [0, 0.1) is 0 Å². The molecule has 0 unspecified atom stereocenters. The summed E-state index contributed by atoms with van der Waals surface area (Å²) in [7, 11) is 1.98. The largest absolute Gasteiger partial charge is 0.379 e. The second-order valence-corrected chi connectivity index (χ2v) is 5.61. The number of piperidine rings is 1. The lowest BCUT2D eigenvalue weighted by atomic mass is 10.0. The van der Waals surface area contributed by atoms with Crippen molar-refractivity contribution in [3.05, 3.63) is 36.3 Å². The molecule has 1 aliphatic rings. The van der Waals surface area contributed by atoms with Gasteiger partial charge in [-0.25, -0.2) is 4.98 Å². The predicted molar refractivity (Wildman–Crippen MR) is 85.7 cm³/mol. The van der Waals surface area contributed by atoms with Crippen molar-refractivity contribution in [2.24, 2.45) is 7.05 Å². The Labute approximate surface area is 126 Å². The van der Waals surface area contributed by atoms with E-state index in [1.165, 1.54) is 5.69 Å². The van der Waals surface area contributed by atoms with E-state index >= 15 is 0 Å². The topological polar surface area (TPSA) is 46.0 Å². The zero-order valence-electron chi connectivity index (χ0n) is 12.8. The molecule has 2 aromatic rings. The third-order valence-electron chi connectivity index (χ3n) is 4.07. The van der Waals surface area contributed by atoms with Gasteiger partial charge in [-0.3, -0.25) is 4.68 Å². The smallest absolute Gasteiger partial charge is 0.128 e. The summed E-state index contributed by atoms with van der Waals surface area (Å²) in [5.41, 5.74) is 2.35. The van der Waals surface area contributed by atoms with Crippen LogP contribution in [0.1, 0.15) is 25.5 Å². The molecule has 112 valence electrons. The van der Waals surface area contributed by atoms with Crippen LogP contribution < -0.4 is 10.2 Å². The fourth-order valence-electron chi connectivity index (χ4n) is 2.93. The quantitative estimate of drug-likeness (QED) is 0.937. The Balaban J connectivity index is 1.58. The molecule has 0 bridgehead atoms. The van der Waals surface area contributed by atoms with Crippen molar-refractivity contribution in [2.45, 2.75) is 32.2 Å². The second-order valence-electron chi connectivity index (χ2n) is 5.61. The number of pyridine rings is 1. The Hall–Kier alpha value is -2.04. The van der Waals surface area contributed by atoms with Crippen LogP contribution in [0.15, 0.2) is 30.6 Å². The maximum Gasteiger partial charge on any atom is 0.128 e.